The smallest absolute Gasteiger partial charge is 0.410 e. The van der Waals surface area contributed by atoms with Gasteiger partial charge in [-0.2, -0.15) is 0 Å². The number of carboxylic acids is 1. The largest absolute Gasteiger partial charge is 0.480 e. The highest BCUT2D eigenvalue weighted by Crippen LogP contribution is 2.44. The Balaban J connectivity index is 1.44. The number of hydrogen-bond donors (Lipinski definition) is 1. The highest BCUT2D eigenvalue weighted by atomic mass is 16.6. The van der Waals surface area contributed by atoms with Crippen molar-refractivity contribution in [2.45, 2.75) is 37.6 Å². The number of rotatable bonds is 7. The summed E-state index contributed by atoms with van der Waals surface area (Å²) in [5.41, 5.74) is 4.62. The Bertz CT molecular complexity index is 844. The number of carbonyl (C=O) groups is 2. The maximum Gasteiger partial charge on any atom is 0.410 e. The second-order valence-electron chi connectivity index (χ2n) is 7.79. The lowest BCUT2D eigenvalue weighted by Crippen LogP contribution is -2.43. The van der Waals surface area contributed by atoms with Crippen LogP contribution >= 0.6 is 0 Å². The minimum atomic E-state index is -0.975. The molecule has 0 aromatic heterocycles. The van der Waals surface area contributed by atoms with Gasteiger partial charge in [0.1, 0.15) is 12.6 Å². The molecule has 4 rings (SSSR count). The number of aliphatic carboxylic acids is 1. The monoisotopic (exact) mass is 379 g/mol. The number of carboxylic acid groups (broad SMARTS) is 1. The Morgan fingerprint density at radius 1 is 1.07 bits per heavy atom. The van der Waals surface area contributed by atoms with E-state index in [-0.39, 0.29) is 12.5 Å². The number of ether oxygens (including phenoxy) is 1. The number of amides is 1. The summed E-state index contributed by atoms with van der Waals surface area (Å²) in [4.78, 5) is 25.4. The molecule has 1 fully saturated rings. The van der Waals surface area contributed by atoms with Crippen LogP contribution in [0.3, 0.4) is 0 Å². The van der Waals surface area contributed by atoms with E-state index in [1.165, 1.54) is 35.9 Å². The third kappa shape index (κ3) is 3.61. The molecular formula is C23H25NO4. The molecule has 5 nitrogen and oxygen atoms in total. The van der Waals surface area contributed by atoms with Crippen LogP contribution in [0.4, 0.5) is 4.79 Å². The summed E-state index contributed by atoms with van der Waals surface area (Å²) in [5.74, 6) is -0.381. The zero-order valence-electron chi connectivity index (χ0n) is 16.0. The second kappa shape index (κ2) is 7.66. The summed E-state index contributed by atoms with van der Waals surface area (Å²) in [6, 6.07) is 15.5. The van der Waals surface area contributed by atoms with Crippen LogP contribution in [-0.2, 0) is 9.53 Å². The fourth-order valence-corrected chi connectivity index (χ4v) is 4.11. The normalized spacial score (nSPS) is 16.2. The van der Waals surface area contributed by atoms with E-state index in [1.54, 1.807) is 0 Å². The molecule has 2 aromatic rings. The van der Waals surface area contributed by atoms with Crippen LogP contribution in [0.2, 0.25) is 0 Å². The van der Waals surface area contributed by atoms with Crippen molar-refractivity contribution in [2.24, 2.45) is 5.92 Å². The number of nitrogens with zero attached hydrogens (tertiary/aromatic N) is 1. The molecule has 0 unspecified atom stereocenters. The molecule has 2 aliphatic rings. The predicted octanol–water partition coefficient (Wildman–Crippen LogP) is 4.51. The molecular weight excluding hydrogens is 354 g/mol. The lowest BCUT2D eigenvalue weighted by molar-refractivity contribution is -0.142. The fourth-order valence-electron chi connectivity index (χ4n) is 4.11. The van der Waals surface area contributed by atoms with Crippen molar-refractivity contribution in [2.75, 3.05) is 13.7 Å². The molecule has 146 valence electrons. The Kier molecular flexibility index (Phi) is 5.07. The van der Waals surface area contributed by atoms with Crippen molar-refractivity contribution >= 4 is 12.1 Å². The van der Waals surface area contributed by atoms with Crippen LogP contribution in [0.1, 0.15) is 42.7 Å². The third-order valence-electron chi connectivity index (χ3n) is 5.92. The standard InChI is InChI=1S/C23H25NO4/c1-24(21(22(25)26)13-12-15-10-11-15)23(27)28-14-20-18-8-4-2-6-16(18)17-7-3-5-9-19(17)20/h2-9,15,20-21H,10-14H2,1H3,(H,25,26)/t21-/m0/s1. The van der Waals surface area contributed by atoms with Gasteiger partial charge in [-0.15, -0.1) is 0 Å². The highest BCUT2D eigenvalue weighted by Gasteiger charge is 2.33. The first-order chi connectivity index (χ1) is 13.6. The fraction of sp³-hybridized carbons (Fsp3) is 0.391. The van der Waals surface area contributed by atoms with E-state index in [2.05, 4.69) is 24.3 Å². The Hall–Kier alpha value is -2.82. The average Bonchev–Trinajstić information content (AvgIpc) is 3.47. The van der Waals surface area contributed by atoms with Gasteiger partial charge in [0, 0.05) is 13.0 Å². The maximum absolute atomic E-state index is 12.6. The maximum atomic E-state index is 12.6. The molecule has 2 aliphatic carbocycles. The molecule has 0 bridgehead atoms. The Morgan fingerprint density at radius 2 is 1.64 bits per heavy atom. The van der Waals surface area contributed by atoms with Gasteiger partial charge in [-0.05, 0) is 41.0 Å². The van der Waals surface area contributed by atoms with Crippen LogP contribution < -0.4 is 0 Å². The van der Waals surface area contributed by atoms with Crippen molar-refractivity contribution in [3.8, 4) is 11.1 Å². The minimum absolute atomic E-state index is 0.0282. The van der Waals surface area contributed by atoms with Crippen molar-refractivity contribution < 1.29 is 19.4 Å². The molecule has 1 atom stereocenters. The third-order valence-corrected chi connectivity index (χ3v) is 5.92. The first-order valence-electron chi connectivity index (χ1n) is 9.87. The molecule has 28 heavy (non-hydrogen) atoms. The molecule has 1 saturated carbocycles. The number of benzene rings is 2. The number of likely N-dealkylation sites (N-methyl/N-ethyl adjacent to an activating group) is 1. The van der Waals surface area contributed by atoms with Crippen molar-refractivity contribution in [1.29, 1.82) is 0 Å². The van der Waals surface area contributed by atoms with Crippen LogP contribution in [0, 0.1) is 5.92 Å². The zero-order valence-corrected chi connectivity index (χ0v) is 16.0. The Labute approximate surface area is 164 Å². The van der Waals surface area contributed by atoms with Crippen LogP contribution in [-0.4, -0.2) is 41.8 Å². The van der Waals surface area contributed by atoms with E-state index in [9.17, 15) is 14.7 Å². The van der Waals surface area contributed by atoms with Gasteiger partial charge in [0.2, 0.25) is 0 Å². The summed E-state index contributed by atoms with van der Waals surface area (Å²) in [6.07, 6.45) is 3.07. The molecule has 0 heterocycles. The summed E-state index contributed by atoms with van der Waals surface area (Å²) in [6.45, 7) is 0.201. The molecule has 0 spiro atoms. The van der Waals surface area contributed by atoms with Crippen molar-refractivity contribution in [1.82, 2.24) is 4.90 Å². The van der Waals surface area contributed by atoms with Gasteiger partial charge in [-0.3, -0.25) is 4.90 Å². The van der Waals surface area contributed by atoms with E-state index in [0.717, 1.165) is 17.5 Å². The van der Waals surface area contributed by atoms with Crippen LogP contribution in [0.25, 0.3) is 11.1 Å². The van der Waals surface area contributed by atoms with Gasteiger partial charge in [-0.1, -0.05) is 61.4 Å². The van der Waals surface area contributed by atoms with E-state index in [0.29, 0.717) is 12.3 Å². The molecule has 1 N–H and O–H groups in total. The molecule has 1 amide bonds. The van der Waals surface area contributed by atoms with Crippen LogP contribution in [0.5, 0.6) is 0 Å². The van der Waals surface area contributed by atoms with Gasteiger partial charge in [0.05, 0.1) is 0 Å². The summed E-state index contributed by atoms with van der Waals surface area (Å²) < 4.78 is 5.58. The van der Waals surface area contributed by atoms with E-state index >= 15 is 0 Å². The van der Waals surface area contributed by atoms with E-state index in [1.807, 2.05) is 24.3 Å². The SMILES string of the molecule is CN(C(=O)OCC1c2ccccc2-c2ccccc21)[C@@H](CCC1CC1)C(=O)O. The molecule has 0 saturated heterocycles. The minimum Gasteiger partial charge on any atom is -0.480 e. The summed E-state index contributed by atoms with van der Waals surface area (Å²) >= 11 is 0. The zero-order chi connectivity index (χ0) is 19.7. The van der Waals surface area contributed by atoms with Crippen molar-refractivity contribution in [3.63, 3.8) is 0 Å². The second-order valence-corrected chi connectivity index (χ2v) is 7.79. The van der Waals surface area contributed by atoms with Gasteiger partial charge < -0.3 is 9.84 Å². The van der Waals surface area contributed by atoms with Crippen molar-refractivity contribution in [3.05, 3.63) is 59.7 Å². The topological polar surface area (TPSA) is 66.8 Å². The van der Waals surface area contributed by atoms with Gasteiger partial charge in [-0.25, -0.2) is 9.59 Å². The number of fused-ring (bicyclic) bond motifs is 3. The van der Waals surface area contributed by atoms with Gasteiger partial charge in [0.15, 0.2) is 0 Å². The van der Waals surface area contributed by atoms with E-state index in [4.69, 9.17) is 4.74 Å². The number of carbonyl (C=O) groups excluding carboxylic acids is 1. The lowest BCUT2D eigenvalue weighted by Gasteiger charge is -2.25. The van der Waals surface area contributed by atoms with E-state index < -0.39 is 18.1 Å². The van der Waals surface area contributed by atoms with Gasteiger partial charge >= 0.3 is 12.1 Å². The van der Waals surface area contributed by atoms with Crippen LogP contribution in [0.15, 0.2) is 48.5 Å². The number of hydrogen-bond acceptors (Lipinski definition) is 3. The molecule has 5 heteroatoms. The first-order valence-corrected chi connectivity index (χ1v) is 9.87. The molecule has 2 aromatic carbocycles. The predicted molar refractivity (Wildman–Crippen MR) is 106 cm³/mol. The summed E-state index contributed by atoms with van der Waals surface area (Å²) in [5, 5.41) is 9.52. The lowest BCUT2D eigenvalue weighted by atomic mass is 9.98. The highest BCUT2D eigenvalue weighted by molar-refractivity contribution is 5.81. The molecule has 0 aliphatic heterocycles. The quantitative estimate of drug-likeness (QED) is 0.769. The first kappa shape index (κ1) is 18.5. The van der Waals surface area contributed by atoms with Gasteiger partial charge in [0.25, 0.3) is 0 Å². The Morgan fingerprint density at radius 3 is 2.18 bits per heavy atom. The summed E-state index contributed by atoms with van der Waals surface area (Å²) in [7, 11) is 1.52. The average molecular weight is 379 g/mol. The molecule has 0 radical (unpaired) electrons.